The number of ketones is 1. The fraction of sp³-hybridized carbons (Fsp3) is 0.222. The quantitative estimate of drug-likeness (QED) is 0.651. The molecular weight excluding hydrogens is 340 g/mol. The number of nitrogens with zero attached hydrogens (tertiary/aromatic N) is 1. The van der Waals surface area contributed by atoms with Crippen molar-refractivity contribution >= 4 is 32.5 Å². The number of fused-ring (bicyclic) bond motifs is 1. The van der Waals surface area contributed by atoms with Crippen LogP contribution >= 0.6 is 11.3 Å². The van der Waals surface area contributed by atoms with Crippen LogP contribution in [0.4, 0.5) is 5.13 Å². The molecule has 7 heteroatoms. The van der Waals surface area contributed by atoms with Crippen molar-refractivity contribution in [1.29, 1.82) is 0 Å². The molecule has 2 aromatic carbocycles. The molecule has 0 atom stereocenters. The maximum Gasteiger partial charge on any atom is 0.184 e. The van der Waals surface area contributed by atoms with Crippen LogP contribution in [0, 0.1) is 0 Å². The number of thiazole rings is 1. The molecule has 0 amide bonds. The number of methoxy groups -OCH3 is 3. The Hall–Kier alpha value is -2.80. The minimum Gasteiger partial charge on any atom is -0.497 e. The van der Waals surface area contributed by atoms with Gasteiger partial charge in [-0.15, -0.1) is 0 Å². The Labute approximate surface area is 149 Å². The molecule has 0 saturated heterocycles. The highest BCUT2D eigenvalue weighted by Gasteiger charge is 2.12. The van der Waals surface area contributed by atoms with Crippen molar-refractivity contribution in [3.63, 3.8) is 0 Å². The number of nitrogens with one attached hydrogen (secondary N) is 1. The fourth-order valence-electron chi connectivity index (χ4n) is 2.38. The second-order valence-electron chi connectivity index (χ2n) is 5.20. The van der Waals surface area contributed by atoms with Crippen LogP contribution in [-0.2, 0) is 0 Å². The Balaban J connectivity index is 1.71. The van der Waals surface area contributed by atoms with Gasteiger partial charge in [0.15, 0.2) is 22.4 Å². The average Bonchev–Trinajstić information content (AvgIpc) is 3.07. The van der Waals surface area contributed by atoms with Gasteiger partial charge in [-0.05, 0) is 36.4 Å². The molecule has 0 saturated carbocycles. The predicted octanol–water partition coefficient (Wildman–Crippen LogP) is 3.62. The summed E-state index contributed by atoms with van der Waals surface area (Å²) in [6.45, 7) is 0.145. The molecule has 1 aromatic heterocycles. The van der Waals surface area contributed by atoms with Crippen LogP contribution in [0.25, 0.3) is 10.2 Å². The van der Waals surface area contributed by atoms with Crippen LogP contribution in [0.5, 0.6) is 17.2 Å². The van der Waals surface area contributed by atoms with Crippen molar-refractivity contribution in [2.75, 3.05) is 33.2 Å². The van der Waals surface area contributed by atoms with E-state index in [1.54, 1.807) is 39.5 Å². The van der Waals surface area contributed by atoms with Gasteiger partial charge < -0.3 is 19.5 Å². The summed E-state index contributed by atoms with van der Waals surface area (Å²) in [5.74, 6) is 1.84. The van der Waals surface area contributed by atoms with Crippen LogP contribution in [0.1, 0.15) is 10.4 Å². The van der Waals surface area contributed by atoms with Gasteiger partial charge in [0.2, 0.25) is 0 Å². The molecular formula is C18H18N2O4S. The van der Waals surface area contributed by atoms with Crippen molar-refractivity contribution in [2.24, 2.45) is 0 Å². The molecule has 1 N–H and O–H groups in total. The minimum absolute atomic E-state index is 0.0576. The lowest BCUT2D eigenvalue weighted by atomic mass is 10.1. The second-order valence-corrected chi connectivity index (χ2v) is 6.23. The molecule has 25 heavy (non-hydrogen) atoms. The van der Waals surface area contributed by atoms with Crippen molar-refractivity contribution in [3.05, 3.63) is 42.0 Å². The number of hydrogen-bond donors (Lipinski definition) is 1. The van der Waals surface area contributed by atoms with Crippen LogP contribution in [0.2, 0.25) is 0 Å². The van der Waals surface area contributed by atoms with E-state index in [4.69, 9.17) is 14.2 Å². The molecule has 0 radical (unpaired) electrons. The Kier molecular flexibility index (Phi) is 5.04. The lowest BCUT2D eigenvalue weighted by Gasteiger charge is -2.09. The second kappa shape index (κ2) is 7.40. The zero-order chi connectivity index (χ0) is 17.8. The SMILES string of the molecule is COc1ccc2nc(NCC(=O)c3ccc(OC)c(OC)c3)sc2c1. The summed E-state index contributed by atoms with van der Waals surface area (Å²) in [6, 6.07) is 10.8. The molecule has 0 unspecified atom stereocenters. The molecule has 130 valence electrons. The van der Waals surface area contributed by atoms with Crippen LogP contribution in [0.3, 0.4) is 0 Å². The standard InChI is InChI=1S/C18H18N2O4S/c1-22-12-5-6-13-17(9-12)25-18(20-13)19-10-14(21)11-4-7-15(23-2)16(8-11)24-3/h4-9H,10H2,1-3H3,(H,19,20). The molecule has 6 nitrogen and oxygen atoms in total. The van der Waals surface area contributed by atoms with Crippen molar-refractivity contribution in [3.8, 4) is 17.2 Å². The fourth-order valence-corrected chi connectivity index (χ4v) is 3.27. The van der Waals surface area contributed by atoms with Gasteiger partial charge in [0, 0.05) is 5.56 Å². The van der Waals surface area contributed by atoms with Crippen LogP contribution in [0.15, 0.2) is 36.4 Å². The smallest absolute Gasteiger partial charge is 0.184 e. The van der Waals surface area contributed by atoms with Gasteiger partial charge in [-0.3, -0.25) is 4.79 Å². The number of rotatable bonds is 7. The number of ether oxygens (including phenoxy) is 3. The molecule has 3 rings (SSSR count). The van der Waals surface area contributed by atoms with Gasteiger partial charge in [0.1, 0.15) is 5.75 Å². The highest BCUT2D eigenvalue weighted by Crippen LogP contribution is 2.30. The summed E-state index contributed by atoms with van der Waals surface area (Å²) in [6.07, 6.45) is 0. The third-order valence-corrected chi connectivity index (χ3v) is 4.68. The van der Waals surface area contributed by atoms with Gasteiger partial charge in [-0.25, -0.2) is 4.98 Å². The first-order valence-electron chi connectivity index (χ1n) is 7.58. The number of carbonyl (C=O) groups excluding carboxylic acids is 1. The molecule has 3 aromatic rings. The van der Waals surface area contributed by atoms with Gasteiger partial charge >= 0.3 is 0 Å². The highest BCUT2D eigenvalue weighted by atomic mass is 32.1. The van der Waals surface area contributed by atoms with E-state index in [1.165, 1.54) is 11.3 Å². The monoisotopic (exact) mass is 358 g/mol. The van der Waals surface area contributed by atoms with Crippen molar-refractivity contribution in [1.82, 2.24) is 4.98 Å². The number of carbonyl (C=O) groups is 1. The van der Waals surface area contributed by atoms with Crippen LogP contribution in [-0.4, -0.2) is 38.6 Å². The van der Waals surface area contributed by atoms with Crippen LogP contribution < -0.4 is 19.5 Å². The van der Waals surface area contributed by atoms with E-state index < -0.39 is 0 Å². The van der Waals surface area contributed by atoms with E-state index in [-0.39, 0.29) is 12.3 Å². The lowest BCUT2D eigenvalue weighted by Crippen LogP contribution is -2.14. The minimum atomic E-state index is -0.0576. The number of hydrogen-bond acceptors (Lipinski definition) is 7. The van der Waals surface area contributed by atoms with E-state index in [9.17, 15) is 4.79 Å². The Bertz CT molecular complexity index is 907. The average molecular weight is 358 g/mol. The van der Waals surface area contributed by atoms with E-state index in [0.29, 0.717) is 22.2 Å². The number of aromatic nitrogens is 1. The van der Waals surface area contributed by atoms with Gasteiger partial charge in [-0.2, -0.15) is 0 Å². The third kappa shape index (κ3) is 3.66. The first kappa shape index (κ1) is 17.0. The van der Waals surface area contributed by atoms with E-state index in [1.807, 2.05) is 18.2 Å². The molecule has 0 fully saturated rings. The summed E-state index contributed by atoms with van der Waals surface area (Å²) in [5, 5.41) is 3.77. The number of benzene rings is 2. The lowest BCUT2D eigenvalue weighted by molar-refractivity contribution is 0.101. The number of Topliss-reactive ketones (excluding diaryl/α,β-unsaturated/α-hetero) is 1. The summed E-state index contributed by atoms with van der Waals surface area (Å²) in [7, 11) is 4.73. The largest absolute Gasteiger partial charge is 0.497 e. The predicted molar refractivity (Wildman–Crippen MR) is 98.5 cm³/mol. The molecule has 1 heterocycles. The Morgan fingerprint density at radius 2 is 1.84 bits per heavy atom. The summed E-state index contributed by atoms with van der Waals surface area (Å²) >= 11 is 1.48. The first-order valence-corrected chi connectivity index (χ1v) is 8.40. The summed E-state index contributed by atoms with van der Waals surface area (Å²) < 4.78 is 16.6. The summed E-state index contributed by atoms with van der Waals surface area (Å²) in [4.78, 5) is 16.9. The third-order valence-electron chi connectivity index (χ3n) is 3.70. The van der Waals surface area contributed by atoms with Gasteiger partial charge in [0.25, 0.3) is 0 Å². The number of anilines is 1. The topological polar surface area (TPSA) is 69.7 Å². The molecule has 0 aliphatic heterocycles. The zero-order valence-electron chi connectivity index (χ0n) is 14.2. The van der Waals surface area contributed by atoms with E-state index in [0.717, 1.165) is 16.0 Å². The van der Waals surface area contributed by atoms with Gasteiger partial charge in [-0.1, -0.05) is 11.3 Å². The normalized spacial score (nSPS) is 10.5. The maximum absolute atomic E-state index is 12.4. The molecule has 0 bridgehead atoms. The van der Waals surface area contributed by atoms with E-state index >= 15 is 0 Å². The van der Waals surface area contributed by atoms with Crippen molar-refractivity contribution in [2.45, 2.75) is 0 Å². The summed E-state index contributed by atoms with van der Waals surface area (Å²) in [5.41, 5.74) is 1.42. The maximum atomic E-state index is 12.4. The molecule has 0 aliphatic carbocycles. The van der Waals surface area contributed by atoms with Crippen molar-refractivity contribution < 1.29 is 19.0 Å². The molecule has 0 spiro atoms. The molecule has 0 aliphatic rings. The Morgan fingerprint density at radius 3 is 2.56 bits per heavy atom. The Morgan fingerprint density at radius 1 is 1.04 bits per heavy atom. The van der Waals surface area contributed by atoms with E-state index in [2.05, 4.69) is 10.3 Å². The highest BCUT2D eigenvalue weighted by molar-refractivity contribution is 7.22. The van der Waals surface area contributed by atoms with Gasteiger partial charge in [0.05, 0.1) is 38.1 Å². The zero-order valence-corrected chi connectivity index (χ0v) is 15.0. The first-order chi connectivity index (χ1) is 12.1.